The molecule has 0 saturated heterocycles. The van der Waals surface area contributed by atoms with Crippen LogP contribution < -0.4 is 10.1 Å². The predicted molar refractivity (Wildman–Crippen MR) is 76.2 cm³/mol. The Morgan fingerprint density at radius 2 is 2.21 bits per heavy atom. The van der Waals surface area contributed by atoms with Crippen molar-refractivity contribution in [3.05, 3.63) is 23.8 Å². The topological polar surface area (TPSA) is 67.8 Å². The Balaban J connectivity index is 2.77. The normalized spacial score (nSPS) is 11.9. The largest absolute Gasteiger partial charge is 0.504 e. The fraction of sp³-hybridized carbons (Fsp3) is 0.462. The van der Waals surface area contributed by atoms with Gasteiger partial charge in [-0.1, -0.05) is 22.0 Å². The second-order valence-electron chi connectivity index (χ2n) is 3.96. The second-order valence-corrected chi connectivity index (χ2v) is 4.61. The number of hydrogen-bond donors (Lipinski definition) is 2. The van der Waals surface area contributed by atoms with Gasteiger partial charge >= 0.3 is 0 Å². The molecule has 0 aliphatic carbocycles. The number of alkyl halides is 1. The Morgan fingerprint density at radius 3 is 2.79 bits per heavy atom. The minimum atomic E-state index is -0.336. The molecule has 1 rings (SSSR count). The van der Waals surface area contributed by atoms with Crippen LogP contribution in [0.15, 0.2) is 18.2 Å². The molecule has 19 heavy (non-hydrogen) atoms. The number of phenols is 1. The number of halogens is 1. The first kappa shape index (κ1) is 15.8. The summed E-state index contributed by atoms with van der Waals surface area (Å²) in [7, 11) is 3.05. The third kappa shape index (κ3) is 4.40. The number of amides is 1. The molecule has 0 aromatic heterocycles. The molecule has 1 amide bonds. The standard InChI is InChI=1S/C13H18BrNO4/c1-18-7-6-9(8-14)15-13(17)10-4-3-5-11(19-2)12(10)16/h3-5,9,16H,6-8H2,1-2H3,(H,15,17). The van der Waals surface area contributed by atoms with Crippen molar-refractivity contribution in [3.63, 3.8) is 0 Å². The lowest BCUT2D eigenvalue weighted by Gasteiger charge is -2.16. The van der Waals surface area contributed by atoms with Crippen LogP contribution in [0.3, 0.4) is 0 Å². The molecule has 1 unspecified atom stereocenters. The van der Waals surface area contributed by atoms with Crippen LogP contribution in [0.4, 0.5) is 0 Å². The van der Waals surface area contributed by atoms with Gasteiger partial charge in [0, 0.05) is 25.1 Å². The van der Waals surface area contributed by atoms with E-state index in [0.29, 0.717) is 18.4 Å². The van der Waals surface area contributed by atoms with Gasteiger partial charge in [0.2, 0.25) is 0 Å². The van der Waals surface area contributed by atoms with E-state index in [1.807, 2.05) is 0 Å². The van der Waals surface area contributed by atoms with Crippen molar-refractivity contribution in [2.24, 2.45) is 0 Å². The van der Waals surface area contributed by atoms with Crippen molar-refractivity contribution in [2.45, 2.75) is 12.5 Å². The van der Waals surface area contributed by atoms with Gasteiger partial charge in [0.25, 0.3) is 5.91 Å². The molecule has 0 fully saturated rings. The smallest absolute Gasteiger partial charge is 0.255 e. The first-order valence-corrected chi connectivity index (χ1v) is 6.97. The Labute approximate surface area is 121 Å². The number of carbonyl (C=O) groups is 1. The van der Waals surface area contributed by atoms with E-state index in [2.05, 4.69) is 21.2 Å². The van der Waals surface area contributed by atoms with Crippen molar-refractivity contribution in [1.29, 1.82) is 0 Å². The van der Waals surface area contributed by atoms with Crippen LogP contribution in [-0.4, -0.2) is 43.2 Å². The van der Waals surface area contributed by atoms with Crippen LogP contribution in [0.25, 0.3) is 0 Å². The van der Waals surface area contributed by atoms with Gasteiger partial charge in [-0.15, -0.1) is 0 Å². The summed E-state index contributed by atoms with van der Waals surface area (Å²) in [6.07, 6.45) is 0.693. The van der Waals surface area contributed by atoms with Crippen molar-refractivity contribution in [2.75, 3.05) is 26.2 Å². The van der Waals surface area contributed by atoms with Gasteiger partial charge in [0.05, 0.1) is 12.7 Å². The first-order valence-electron chi connectivity index (χ1n) is 5.85. The van der Waals surface area contributed by atoms with E-state index in [4.69, 9.17) is 9.47 Å². The zero-order valence-electron chi connectivity index (χ0n) is 11.0. The van der Waals surface area contributed by atoms with Crippen molar-refractivity contribution >= 4 is 21.8 Å². The van der Waals surface area contributed by atoms with Crippen molar-refractivity contribution in [1.82, 2.24) is 5.32 Å². The summed E-state index contributed by atoms with van der Waals surface area (Å²) in [5.41, 5.74) is 0.197. The van der Waals surface area contributed by atoms with Gasteiger partial charge in [-0.2, -0.15) is 0 Å². The molecule has 1 aromatic rings. The van der Waals surface area contributed by atoms with Crippen LogP contribution >= 0.6 is 15.9 Å². The first-order chi connectivity index (χ1) is 9.13. The molecule has 6 heteroatoms. The van der Waals surface area contributed by atoms with Crippen LogP contribution in [0.1, 0.15) is 16.8 Å². The summed E-state index contributed by atoms with van der Waals surface area (Å²) in [6.45, 7) is 0.556. The Hall–Kier alpha value is -1.27. The third-order valence-corrected chi connectivity index (χ3v) is 3.44. The van der Waals surface area contributed by atoms with E-state index >= 15 is 0 Å². The SMILES string of the molecule is COCCC(CBr)NC(=O)c1cccc(OC)c1O. The second kappa shape index (κ2) is 8.01. The van der Waals surface area contributed by atoms with E-state index in [9.17, 15) is 9.90 Å². The summed E-state index contributed by atoms with van der Waals surface area (Å²) in [5, 5.41) is 13.3. The zero-order valence-corrected chi connectivity index (χ0v) is 12.6. The molecule has 5 nitrogen and oxygen atoms in total. The maximum absolute atomic E-state index is 12.1. The highest BCUT2D eigenvalue weighted by Gasteiger charge is 2.17. The lowest BCUT2D eigenvalue weighted by atomic mass is 10.1. The highest BCUT2D eigenvalue weighted by molar-refractivity contribution is 9.09. The summed E-state index contributed by atoms with van der Waals surface area (Å²) in [5.74, 6) is -0.209. The van der Waals surface area contributed by atoms with Gasteiger partial charge < -0.3 is 19.9 Å². The molecule has 0 radical (unpaired) electrons. The summed E-state index contributed by atoms with van der Waals surface area (Å²) in [6, 6.07) is 4.75. The number of hydrogen-bond acceptors (Lipinski definition) is 4. The molecule has 1 atom stereocenters. The molecule has 0 bridgehead atoms. The number of para-hydroxylation sites is 1. The number of carbonyl (C=O) groups excluding carboxylic acids is 1. The molecule has 0 aliphatic heterocycles. The van der Waals surface area contributed by atoms with Crippen LogP contribution in [-0.2, 0) is 4.74 Å². The molecule has 0 spiro atoms. The Bertz CT molecular complexity index is 425. The van der Waals surface area contributed by atoms with Crippen molar-refractivity contribution in [3.8, 4) is 11.5 Å². The van der Waals surface area contributed by atoms with Gasteiger partial charge in [-0.05, 0) is 18.6 Å². The molecule has 0 saturated carbocycles. The molecule has 106 valence electrons. The van der Waals surface area contributed by atoms with Crippen LogP contribution in [0, 0.1) is 0 Å². The molecule has 0 aliphatic rings. The van der Waals surface area contributed by atoms with E-state index in [1.54, 1.807) is 25.3 Å². The Kier molecular flexibility index (Phi) is 6.66. The number of ether oxygens (including phenoxy) is 2. The molecular weight excluding hydrogens is 314 g/mol. The van der Waals surface area contributed by atoms with E-state index < -0.39 is 0 Å². The zero-order chi connectivity index (χ0) is 14.3. The summed E-state index contributed by atoms with van der Waals surface area (Å²) >= 11 is 3.34. The monoisotopic (exact) mass is 331 g/mol. The van der Waals surface area contributed by atoms with Crippen LogP contribution in [0.2, 0.25) is 0 Å². The van der Waals surface area contributed by atoms with Gasteiger partial charge in [-0.25, -0.2) is 0 Å². The highest BCUT2D eigenvalue weighted by atomic mass is 79.9. The maximum Gasteiger partial charge on any atom is 0.255 e. The number of phenolic OH excluding ortho intramolecular Hbond substituents is 1. The highest BCUT2D eigenvalue weighted by Crippen LogP contribution is 2.29. The number of nitrogens with one attached hydrogen (secondary N) is 1. The predicted octanol–water partition coefficient (Wildman–Crippen LogP) is 1.93. The van der Waals surface area contributed by atoms with Gasteiger partial charge in [-0.3, -0.25) is 4.79 Å². The molecule has 1 aromatic carbocycles. The van der Waals surface area contributed by atoms with Gasteiger partial charge in [0.15, 0.2) is 11.5 Å². The quantitative estimate of drug-likeness (QED) is 0.749. The lowest BCUT2D eigenvalue weighted by molar-refractivity contribution is 0.0927. The van der Waals surface area contributed by atoms with E-state index in [1.165, 1.54) is 7.11 Å². The van der Waals surface area contributed by atoms with E-state index in [-0.39, 0.29) is 29.0 Å². The number of methoxy groups -OCH3 is 2. The minimum absolute atomic E-state index is 0.0574. The third-order valence-electron chi connectivity index (χ3n) is 2.66. The number of aromatic hydroxyl groups is 1. The maximum atomic E-state index is 12.1. The number of rotatable bonds is 7. The van der Waals surface area contributed by atoms with E-state index in [0.717, 1.165) is 0 Å². The average molecular weight is 332 g/mol. The molecule has 2 N–H and O–H groups in total. The Morgan fingerprint density at radius 1 is 1.47 bits per heavy atom. The van der Waals surface area contributed by atoms with Gasteiger partial charge in [0.1, 0.15) is 0 Å². The summed E-state index contributed by atoms with van der Waals surface area (Å²) in [4.78, 5) is 12.1. The fourth-order valence-electron chi connectivity index (χ4n) is 1.58. The minimum Gasteiger partial charge on any atom is -0.504 e. The van der Waals surface area contributed by atoms with Crippen LogP contribution in [0.5, 0.6) is 11.5 Å². The molecular formula is C13H18BrNO4. The molecule has 0 heterocycles. The lowest BCUT2D eigenvalue weighted by Crippen LogP contribution is -2.36. The fourth-order valence-corrected chi connectivity index (χ4v) is 2.07. The van der Waals surface area contributed by atoms with Crippen molar-refractivity contribution < 1.29 is 19.4 Å². The summed E-state index contributed by atoms with van der Waals surface area (Å²) < 4.78 is 9.95. The average Bonchev–Trinajstić information content (AvgIpc) is 2.43. The number of benzene rings is 1.